The first kappa shape index (κ1) is 13.7. The van der Waals surface area contributed by atoms with E-state index in [1.165, 1.54) is 17.1 Å². The fraction of sp³-hybridized carbons (Fsp3) is 0.400. The molecule has 0 saturated heterocycles. The van der Waals surface area contributed by atoms with Crippen molar-refractivity contribution < 1.29 is 13.5 Å². The highest BCUT2D eigenvalue weighted by Crippen LogP contribution is 2.07. The molecule has 0 aromatic carbocycles. The van der Waals surface area contributed by atoms with E-state index in [4.69, 9.17) is 5.11 Å². The lowest BCUT2D eigenvalue weighted by Crippen LogP contribution is -2.23. The molecule has 2 rings (SSSR count). The van der Waals surface area contributed by atoms with Gasteiger partial charge in [-0.2, -0.15) is 10.2 Å². The van der Waals surface area contributed by atoms with Gasteiger partial charge in [-0.3, -0.25) is 9.36 Å². The van der Waals surface area contributed by atoms with Crippen molar-refractivity contribution in [2.45, 2.75) is 18.0 Å². The summed E-state index contributed by atoms with van der Waals surface area (Å²) in [6.45, 7) is 0.284. The number of hydrogen-bond acceptors (Lipinski definition) is 5. The average Bonchev–Trinajstić information content (AvgIpc) is 2.97. The number of aryl methyl sites for hydroxylation is 1. The summed E-state index contributed by atoms with van der Waals surface area (Å²) < 4.78 is 29.3. The van der Waals surface area contributed by atoms with E-state index in [0.29, 0.717) is 5.69 Å². The van der Waals surface area contributed by atoms with Gasteiger partial charge in [0.2, 0.25) is 10.0 Å². The van der Waals surface area contributed by atoms with Gasteiger partial charge in [-0.1, -0.05) is 0 Å². The van der Waals surface area contributed by atoms with Crippen molar-refractivity contribution in [1.29, 1.82) is 0 Å². The molecule has 2 heterocycles. The minimum Gasteiger partial charge on any atom is -0.394 e. The van der Waals surface area contributed by atoms with Crippen molar-refractivity contribution in [2.75, 3.05) is 6.61 Å². The van der Waals surface area contributed by atoms with Crippen molar-refractivity contribution in [1.82, 2.24) is 24.3 Å². The van der Waals surface area contributed by atoms with Gasteiger partial charge in [0.25, 0.3) is 0 Å². The lowest BCUT2D eigenvalue weighted by atomic mass is 10.4. The number of rotatable bonds is 6. The molecule has 0 saturated carbocycles. The van der Waals surface area contributed by atoms with Crippen molar-refractivity contribution in [3.8, 4) is 0 Å². The predicted molar refractivity (Wildman–Crippen MR) is 66.5 cm³/mol. The molecule has 2 aromatic heterocycles. The Morgan fingerprint density at radius 3 is 2.89 bits per heavy atom. The fourth-order valence-electron chi connectivity index (χ4n) is 1.52. The van der Waals surface area contributed by atoms with E-state index in [-0.39, 0.29) is 24.6 Å². The van der Waals surface area contributed by atoms with Crippen LogP contribution in [0.2, 0.25) is 0 Å². The van der Waals surface area contributed by atoms with Crippen LogP contribution in [-0.2, 0) is 30.2 Å². The van der Waals surface area contributed by atoms with Crippen LogP contribution in [0.4, 0.5) is 0 Å². The molecule has 0 aliphatic rings. The Morgan fingerprint density at radius 2 is 2.26 bits per heavy atom. The Bertz CT molecular complexity index is 646. The minimum atomic E-state index is -3.61. The Hall–Kier alpha value is -1.71. The summed E-state index contributed by atoms with van der Waals surface area (Å²) in [6, 6.07) is 1.73. The summed E-state index contributed by atoms with van der Waals surface area (Å²) in [7, 11) is -1.85. The molecule has 0 radical (unpaired) electrons. The van der Waals surface area contributed by atoms with Crippen molar-refractivity contribution in [3.05, 3.63) is 30.4 Å². The predicted octanol–water partition coefficient (Wildman–Crippen LogP) is -0.913. The van der Waals surface area contributed by atoms with Crippen molar-refractivity contribution in [3.63, 3.8) is 0 Å². The highest BCUT2D eigenvalue weighted by atomic mass is 32.2. The largest absolute Gasteiger partial charge is 0.394 e. The second-order valence-electron chi connectivity index (χ2n) is 3.97. The standard InChI is InChI=1S/C10H15N5O3S/c1-14-3-2-9(13-14)6-12-19(17,18)10-7-11-15(8-10)4-5-16/h2-3,7-8,12,16H,4-6H2,1H3. The van der Waals surface area contributed by atoms with Crippen LogP contribution in [0.5, 0.6) is 0 Å². The van der Waals surface area contributed by atoms with Crippen molar-refractivity contribution in [2.24, 2.45) is 7.05 Å². The third kappa shape index (κ3) is 3.40. The van der Waals surface area contributed by atoms with Crippen LogP contribution in [0.3, 0.4) is 0 Å². The van der Waals surface area contributed by atoms with E-state index in [1.54, 1.807) is 24.0 Å². The zero-order valence-corrected chi connectivity index (χ0v) is 11.2. The Morgan fingerprint density at radius 1 is 1.47 bits per heavy atom. The van der Waals surface area contributed by atoms with Gasteiger partial charge in [-0.15, -0.1) is 0 Å². The van der Waals surface area contributed by atoms with Gasteiger partial charge in [-0.25, -0.2) is 13.1 Å². The summed E-state index contributed by atoms with van der Waals surface area (Å²) in [5.74, 6) is 0. The van der Waals surface area contributed by atoms with Crippen LogP contribution in [-0.4, -0.2) is 39.7 Å². The quantitative estimate of drug-likeness (QED) is 0.715. The second-order valence-corrected chi connectivity index (χ2v) is 5.73. The van der Waals surface area contributed by atoms with E-state index >= 15 is 0 Å². The highest BCUT2D eigenvalue weighted by molar-refractivity contribution is 7.89. The van der Waals surface area contributed by atoms with E-state index < -0.39 is 10.0 Å². The molecule has 0 bridgehead atoms. The molecule has 104 valence electrons. The minimum absolute atomic E-state index is 0.0666. The Labute approximate surface area is 110 Å². The first-order chi connectivity index (χ1) is 9.01. The van der Waals surface area contributed by atoms with E-state index in [1.807, 2.05) is 0 Å². The zero-order valence-electron chi connectivity index (χ0n) is 10.4. The fourth-order valence-corrected chi connectivity index (χ4v) is 2.47. The molecule has 8 nitrogen and oxygen atoms in total. The topological polar surface area (TPSA) is 102 Å². The van der Waals surface area contributed by atoms with Gasteiger partial charge in [0, 0.05) is 19.4 Å². The molecule has 0 aliphatic heterocycles. The van der Waals surface area contributed by atoms with Gasteiger partial charge in [0.05, 0.1) is 31.6 Å². The molecule has 0 fully saturated rings. The summed E-state index contributed by atoms with van der Waals surface area (Å²) >= 11 is 0. The molecule has 2 N–H and O–H groups in total. The normalized spacial score (nSPS) is 11.9. The smallest absolute Gasteiger partial charge is 0.244 e. The molecule has 0 aliphatic carbocycles. The van der Waals surface area contributed by atoms with E-state index in [0.717, 1.165) is 0 Å². The summed E-state index contributed by atoms with van der Waals surface area (Å²) in [5.41, 5.74) is 0.633. The average molecular weight is 285 g/mol. The Balaban J connectivity index is 2.04. The van der Waals surface area contributed by atoms with Crippen molar-refractivity contribution >= 4 is 10.0 Å². The Kier molecular flexibility index (Phi) is 3.98. The molecule has 0 amide bonds. The van der Waals surface area contributed by atoms with Gasteiger partial charge in [-0.05, 0) is 6.07 Å². The maximum Gasteiger partial charge on any atom is 0.244 e. The summed E-state index contributed by atoms with van der Waals surface area (Å²) in [6.07, 6.45) is 4.36. The number of nitrogens with zero attached hydrogens (tertiary/aromatic N) is 4. The van der Waals surface area contributed by atoms with Crippen LogP contribution in [0.15, 0.2) is 29.6 Å². The molecule has 0 unspecified atom stereocenters. The first-order valence-electron chi connectivity index (χ1n) is 5.63. The number of nitrogens with one attached hydrogen (secondary N) is 1. The molecular weight excluding hydrogens is 270 g/mol. The van der Waals surface area contributed by atoms with Crippen LogP contribution in [0.25, 0.3) is 0 Å². The molecular formula is C10H15N5O3S. The van der Waals surface area contributed by atoms with Crippen LogP contribution in [0, 0.1) is 0 Å². The van der Waals surface area contributed by atoms with Crippen LogP contribution in [0.1, 0.15) is 5.69 Å². The van der Waals surface area contributed by atoms with Gasteiger partial charge in [0.15, 0.2) is 0 Å². The molecule has 0 atom stereocenters. The van der Waals surface area contributed by atoms with Crippen LogP contribution >= 0.6 is 0 Å². The van der Waals surface area contributed by atoms with Gasteiger partial charge in [0.1, 0.15) is 4.90 Å². The third-order valence-corrected chi connectivity index (χ3v) is 3.82. The molecule has 9 heteroatoms. The third-order valence-electron chi connectivity index (χ3n) is 2.46. The lowest BCUT2D eigenvalue weighted by Gasteiger charge is -2.02. The number of hydrogen-bond donors (Lipinski definition) is 2. The summed E-state index contributed by atoms with van der Waals surface area (Å²) in [5, 5.41) is 16.7. The van der Waals surface area contributed by atoms with E-state index in [9.17, 15) is 8.42 Å². The van der Waals surface area contributed by atoms with Crippen LogP contribution < -0.4 is 4.72 Å². The lowest BCUT2D eigenvalue weighted by molar-refractivity contribution is 0.269. The maximum absolute atomic E-state index is 12.0. The second kappa shape index (κ2) is 5.51. The number of aliphatic hydroxyl groups excluding tert-OH is 1. The molecule has 2 aromatic rings. The number of sulfonamides is 1. The SMILES string of the molecule is Cn1ccc(CNS(=O)(=O)c2cnn(CCO)c2)n1. The maximum atomic E-state index is 12.0. The molecule has 19 heavy (non-hydrogen) atoms. The van der Waals surface area contributed by atoms with Gasteiger partial charge < -0.3 is 5.11 Å². The molecule has 0 spiro atoms. The first-order valence-corrected chi connectivity index (χ1v) is 7.11. The summed E-state index contributed by atoms with van der Waals surface area (Å²) in [4.78, 5) is 0.0666. The zero-order chi connectivity index (χ0) is 13.9. The monoisotopic (exact) mass is 285 g/mol. The highest BCUT2D eigenvalue weighted by Gasteiger charge is 2.16. The number of aromatic nitrogens is 4. The van der Waals surface area contributed by atoms with E-state index in [2.05, 4.69) is 14.9 Å². The van der Waals surface area contributed by atoms with Gasteiger partial charge >= 0.3 is 0 Å². The number of aliphatic hydroxyl groups is 1.